The summed E-state index contributed by atoms with van der Waals surface area (Å²) in [6.45, 7) is 0. The highest BCUT2D eigenvalue weighted by Crippen LogP contribution is 2.25. The maximum absolute atomic E-state index is 13.7. The van der Waals surface area contributed by atoms with E-state index in [0.29, 0.717) is 11.4 Å². The molecule has 0 saturated carbocycles. The van der Waals surface area contributed by atoms with Crippen LogP contribution >= 0.6 is 27.5 Å². The van der Waals surface area contributed by atoms with Crippen LogP contribution in [0.15, 0.2) is 53.0 Å². The second kappa shape index (κ2) is 6.35. The molecule has 0 bridgehead atoms. The molecule has 0 N–H and O–H groups in total. The molecular weight excluding hydrogens is 315 g/mol. The molecule has 0 aromatic heterocycles. The predicted molar refractivity (Wildman–Crippen MR) is 77.7 cm³/mol. The van der Waals surface area contributed by atoms with Gasteiger partial charge in [-0.15, -0.1) is 11.6 Å². The lowest BCUT2D eigenvalue weighted by atomic mass is 9.93. The van der Waals surface area contributed by atoms with E-state index < -0.39 is 0 Å². The number of halogens is 3. The van der Waals surface area contributed by atoms with Gasteiger partial charge >= 0.3 is 0 Å². The van der Waals surface area contributed by atoms with E-state index in [0.717, 1.165) is 16.5 Å². The Morgan fingerprint density at radius 1 is 1.11 bits per heavy atom. The number of hydrogen-bond acceptors (Lipinski definition) is 0. The molecule has 94 valence electrons. The first kappa shape index (κ1) is 13.6. The average Bonchev–Trinajstić information content (AvgIpc) is 2.37. The van der Waals surface area contributed by atoms with Gasteiger partial charge < -0.3 is 0 Å². The van der Waals surface area contributed by atoms with Crippen LogP contribution in [-0.2, 0) is 6.42 Å². The molecule has 18 heavy (non-hydrogen) atoms. The molecule has 0 fully saturated rings. The van der Waals surface area contributed by atoms with Gasteiger partial charge in [-0.05, 0) is 35.7 Å². The second-order valence-corrected chi connectivity index (χ2v) is 5.43. The summed E-state index contributed by atoms with van der Waals surface area (Å²) in [5, 5.41) is 0. The molecule has 3 heteroatoms. The van der Waals surface area contributed by atoms with Crippen molar-refractivity contribution >= 4 is 27.5 Å². The fourth-order valence-corrected chi connectivity index (χ4v) is 2.72. The molecule has 0 spiro atoms. The van der Waals surface area contributed by atoms with Crippen LogP contribution in [0.3, 0.4) is 0 Å². The minimum Gasteiger partial charge on any atom is -0.207 e. The van der Waals surface area contributed by atoms with E-state index in [-0.39, 0.29) is 11.7 Å². The molecule has 0 amide bonds. The first-order valence-corrected chi connectivity index (χ1v) is 7.08. The fourth-order valence-electron chi connectivity index (χ4n) is 2.00. The zero-order chi connectivity index (χ0) is 13.0. The van der Waals surface area contributed by atoms with Gasteiger partial charge in [0, 0.05) is 16.3 Å². The molecular formula is C15H13BrClF. The molecule has 1 unspecified atom stereocenters. The highest BCUT2D eigenvalue weighted by molar-refractivity contribution is 9.10. The van der Waals surface area contributed by atoms with E-state index in [1.54, 1.807) is 12.1 Å². The van der Waals surface area contributed by atoms with E-state index in [1.807, 2.05) is 30.3 Å². The summed E-state index contributed by atoms with van der Waals surface area (Å²) in [6, 6.07) is 14.9. The third kappa shape index (κ3) is 3.33. The van der Waals surface area contributed by atoms with E-state index in [1.165, 1.54) is 6.07 Å². The van der Waals surface area contributed by atoms with Gasteiger partial charge in [-0.2, -0.15) is 0 Å². The van der Waals surface area contributed by atoms with Crippen molar-refractivity contribution in [2.24, 2.45) is 0 Å². The highest BCUT2D eigenvalue weighted by Gasteiger charge is 2.15. The zero-order valence-electron chi connectivity index (χ0n) is 9.74. The lowest BCUT2D eigenvalue weighted by Gasteiger charge is -2.15. The first-order chi connectivity index (χ1) is 8.70. The van der Waals surface area contributed by atoms with Crippen LogP contribution in [0.1, 0.15) is 17.0 Å². The smallest absolute Gasteiger partial charge is 0.126 e. The number of benzene rings is 2. The minimum absolute atomic E-state index is 0.00201. The van der Waals surface area contributed by atoms with Gasteiger partial charge in [0.2, 0.25) is 0 Å². The van der Waals surface area contributed by atoms with Gasteiger partial charge in [0.15, 0.2) is 0 Å². The SMILES string of the molecule is Fc1ccccc1C(CCl)Cc1cccc(Br)c1. The van der Waals surface area contributed by atoms with Crippen LogP contribution in [0.2, 0.25) is 0 Å². The average molecular weight is 328 g/mol. The van der Waals surface area contributed by atoms with Crippen molar-refractivity contribution in [2.45, 2.75) is 12.3 Å². The Balaban J connectivity index is 2.23. The van der Waals surface area contributed by atoms with Crippen molar-refractivity contribution in [3.8, 4) is 0 Å². The van der Waals surface area contributed by atoms with E-state index >= 15 is 0 Å². The van der Waals surface area contributed by atoms with Gasteiger partial charge in [-0.3, -0.25) is 0 Å². The molecule has 2 aromatic carbocycles. The summed E-state index contributed by atoms with van der Waals surface area (Å²) in [6.07, 6.45) is 0.740. The van der Waals surface area contributed by atoms with Crippen LogP contribution in [-0.4, -0.2) is 5.88 Å². The van der Waals surface area contributed by atoms with Crippen LogP contribution in [0, 0.1) is 5.82 Å². The Morgan fingerprint density at radius 3 is 2.56 bits per heavy atom. The van der Waals surface area contributed by atoms with Crippen molar-refractivity contribution in [1.82, 2.24) is 0 Å². The number of hydrogen-bond donors (Lipinski definition) is 0. The van der Waals surface area contributed by atoms with Crippen molar-refractivity contribution in [1.29, 1.82) is 0 Å². The molecule has 0 heterocycles. The van der Waals surface area contributed by atoms with E-state index in [9.17, 15) is 4.39 Å². The van der Waals surface area contributed by atoms with Gasteiger partial charge in [0.25, 0.3) is 0 Å². The van der Waals surface area contributed by atoms with E-state index in [2.05, 4.69) is 15.9 Å². The quantitative estimate of drug-likeness (QED) is 0.681. The van der Waals surface area contributed by atoms with Gasteiger partial charge in [-0.1, -0.05) is 46.3 Å². The summed E-state index contributed by atoms with van der Waals surface area (Å²) in [7, 11) is 0. The molecule has 2 aromatic rings. The minimum atomic E-state index is -0.182. The molecule has 0 aliphatic carbocycles. The topological polar surface area (TPSA) is 0 Å². The summed E-state index contributed by atoms with van der Waals surface area (Å²) < 4.78 is 14.8. The molecule has 0 radical (unpaired) electrons. The maximum Gasteiger partial charge on any atom is 0.126 e. The van der Waals surface area contributed by atoms with Crippen molar-refractivity contribution in [3.05, 3.63) is 69.9 Å². The summed E-state index contributed by atoms with van der Waals surface area (Å²) in [5.41, 5.74) is 1.84. The standard InChI is InChI=1S/C15H13BrClF/c16-13-5-3-4-11(9-13)8-12(10-17)14-6-1-2-7-15(14)18/h1-7,9,12H,8,10H2. The Morgan fingerprint density at radius 2 is 1.89 bits per heavy atom. The highest BCUT2D eigenvalue weighted by atomic mass is 79.9. The largest absolute Gasteiger partial charge is 0.207 e. The first-order valence-electron chi connectivity index (χ1n) is 5.75. The predicted octanol–water partition coefficient (Wildman–Crippen LogP) is 5.15. The van der Waals surface area contributed by atoms with Gasteiger partial charge in [-0.25, -0.2) is 4.39 Å². The fraction of sp³-hybridized carbons (Fsp3) is 0.200. The molecule has 1 atom stereocenters. The Kier molecular flexibility index (Phi) is 4.79. The maximum atomic E-state index is 13.7. The number of alkyl halides is 1. The van der Waals surface area contributed by atoms with Crippen molar-refractivity contribution < 1.29 is 4.39 Å². The Bertz CT molecular complexity index is 527. The Labute approximate surface area is 120 Å². The van der Waals surface area contributed by atoms with Crippen LogP contribution in [0.5, 0.6) is 0 Å². The normalized spacial score (nSPS) is 12.4. The summed E-state index contributed by atoms with van der Waals surface area (Å²) >= 11 is 9.42. The van der Waals surface area contributed by atoms with E-state index in [4.69, 9.17) is 11.6 Å². The Hall–Kier alpha value is -0.860. The summed E-state index contributed by atoms with van der Waals surface area (Å²) in [4.78, 5) is 0. The van der Waals surface area contributed by atoms with Gasteiger partial charge in [0.1, 0.15) is 5.82 Å². The number of rotatable bonds is 4. The monoisotopic (exact) mass is 326 g/mol. The molecule has 0 aliphatic rings. The second-order valence-electron chi connectivity index (χ2n) is 4.21. The molecule has 0 aliphatic heterocycles. The van der Waals surface area contributed by atoms with Gasteiger partial charge in [0.05, 0.1) is 0 Å². The zero-order valence-corrected chi connectivity index (χ0v) is 12.1. The molecule has 2 rings (SSSR count). The van der Waals surface area contributed by atoms with Crippen LogP contribution < -0.4 is 0 Å². The third-order valence-electron chi connectivity index (χ3n) is 2.90. The van der Waals surface area contributed by atoms with Crippen LogP contribution in [0.4, 0.5) is 4.39 Å². The summed E-state index contributed by atoms with van der Waals surface area (Å²) in [5.74, 6) is 0.230. The van der Waals surface area contributed by atoms with Crippen LogP contribution in [0.25, 0.3) is 0 Å². The molecule has 0 saturated heterocycles. The lowest BCUT2D eigenvalue weighted by Crippen LogP contribution is -2.07. The van der Waals surface area contributed by atoms with Crippen molar-refractivity contribution in [2.75, 3.05) is 5.88 Å². The third-order valence-corrected chi connectivity index (χ3v) is 3.77. The molecule has 0 nitrogen and oxygen atoms in total. The lowest BCUT2D eigenvalue weighted by molar-refractivity contribution is 0.589. The van der Waals surface area contributed by atoms with Crippen molar-refractivity contribution in [3.63, 3.8) is 0 Å².